The fraction of sp³-hybridized carbons (Fsp3) is 0.381. The number of carbonyl (C=O) groups is 2. The van der Waals surface area contributed by atoms with Crippen molar-refractivity contribution < 1.29 is 42.4 Å². The van der Waals surface area contributed by atoms with Crippen LogP contribution in [0.15, 0.2) is 30.4 Å². The number of pyridine rings is 1. The van der Waals surface area contributed by atoms with Crippen LogP contribution in [0.25, 0.3) is 0 Å². The molecule has 4 atom stereocenters. The van der Waals surface area contributed by atoms with Gasteiger partial charge in [-0.2, -0.15) is 17.6 Å². The predicted molar refractivity (Wildman–Crippen MR) is 106 cm³/mol. The number of carbonyl (C=O) groups excluding carboxylic acids is 2. The minimum Gasteiger partial charge on any atom is -0.493 e. The van der Waals surface area contributed by atoms with E-state index in [-0.39, 0.29) is 11.3 Å². The van der Waals surface area contributed by atoms with E-state index in [9.17, 15) is 31.5 Å². The van der Waals surface area contributed by atoms with E-state index in [0.717, 1.165) is 32.4 Å². The van der Waals surface area contributed by atoms with Crippen LogP contribution in [0.3, 0.4) is 0 Å². The number of nitrogens with one attached hydrogen (secondary N) is 1. The topological polar surface area (TPSA) is 104 Å². The summed E-state index contributed by atoms with van der Waals surface area (Å²) < 4.78 is 88.2. The van der Waals surface area contributed by atoms with Gasteiger partial charge in [-0.25, -0.2) is 4.39 Å². The van der Waals surface area contributed by atoms with Crippen LogP contribution in [0.4, 0.5) is 27.6 Å². The van der Waals surface area contributed by atoms with Crippen molar-refractivity contribution in [1.29, 1.82) is 0 Å². The molecule has 12 heteroatoms. The quantitative estimate of drug-likeness (QED) is 0.646. The van der Waals surface area contributed by atoms with Gasteiger partial charge in [0.1, 0.15) is 11.8 Å². The number of nitrogens with zero attached hydrogens (tertiary/aromatic N) is 1. The Labute approximate surface area is 186 Å². The molecule has 0 aliphatic carbocycles. The Kier molecular flexibility index (Phi) is 5.95. The minimum atomic E-state index is -4.93. The molecule has 3 N–H and O–H groups in total. The lowest BCUT2D eigenvalue weighted by atomic mass is 9.77. The third-order valence-corrected chi connectivity index (χ3v) is 5.76. The summed E-state index contributed by atoms with van der Waals surface area (Å²) in [6.07, 6.45) is -5.71. The monoisotopic (exact) mass is 474 g/mol. The Morgan fingerprint density at radius 1 is 1.30 bits per heavy atom. The van der Waals surface area contributed by atoms with Crippen LogP contribution in [-0.4, -0.2) is 41.8 Å². The van der Waals surface area contributed by atoms with Crippen molar-refractivity contribution in [2.45, 2.75) is 37.6 Å². The maximum atomic E-state index is 14.4. The number of nitrogens with two attached hydrogens (primary N) is 1. The molecule has 1 aliphatic heterocycles. The SMILES string of the molecule is [2H]c1c(NC(=O)[C@H]2O[C@@](C)(C(F)(F)F)[C@@H](C)[C@H]2c2ccc(F)c(F)c2OC)ccnc1C(N)=O. The van der Waals surface area contributed by atoms with Crippen LogP contribution in [-0.2, 0) is 9.53 Å². The highest BCUT2D eigenvalue weighted by Gasteiger charge is 2.65. The first-order chi connectivity index (χ1) is 15.7. The molecular weight excluding hydrogens is 453 g/mol. The third kappa shape index (κ3) is 4.22. The van der Waals surface area contributed by atoms with Gasteiger partial charge in [0.15, 0.2) is 17.2 Å². The lowest BCUT2D eigenvalue weighted by molar-refractivity contribution is -0.272. The van der Waals surface area contributed by atoms with Gasteiger partial charge in [-0.05, 0) is 25.1 Å². The second kappa shape index (κ2) is 8.58. The van der Waals surface area contributed by atoms with Gasteiger partial charge < -0.3 is 20.5 Å². The highest BCUT2D eigenvalue weighted by molar-refractivity contribution is 5.97. The molecule has 7 nitrogen and oxygen atoms in total. The molecule has 33 heavy (non-hydrogen) atoms. The maximum absolute atomic E-state index is 14.4. The number of amides is 2. The van der Waals surface area contributed by atoms with Crippen molar-refractivity contribution in [1.82, 2.24) is 4.98 Å². The summed E-state index contributed by atoms with van der Waals surface area (Å²) in [5.41, 5.74) is 1.35. The largest absolute Gasteiger partial charge is 0.493 e. The number of rotatable bonds is 5. The van der Waals surface area contributed by atoms with Gasteiger partial charge in [0.05, 0.1) is 8.48 Å². The van der Waals surface area contributed by atoms with E-state index in [1.54, 1.807) is 0 Å². The molecule has 2 aromatic rings. The van der Waals surface area contributed by atoms with Crippen molar-refractivity contribution in [3.8, 4) is 5.75 Å². The summed E-state index contributed by atoms with van der Waals surface area (Å²) in [5.74, 6) is -8.43. The number of primary amides is 1. The van der Waals surface area contributed by atoms with Crippen LogP contribution >= 0.6 is 0 Å². The Balaban J connectivity index is 2.11. The molecule has 1 fully saturated rings. The average Bonchev–Trinajstić information content (AvgIpc) is 3.03. The number of halogens is 5. The van der Waals surface area contributed by atoms with Crippen LogP contribution in [0.5, 0.6) is 5.75 Å². The van der Waals surface area contributed by atoms with Crippen molar-refractivity contribution in [3.05, 3.63) is 53.3 Å². The minimum absolute atomic E-state index is 0.208. The lowest BCUT2D eigenvalue weighted by Crippen LogP contribution is -2.47. The lowest BCUT2D eigenvalue weighted by Gasteiger charge is -2.32. The van der Waals surface area contributed by atoms with Crippen molar-refractivity contribution >= 4 is 17.5 Å². The van der Waals surface area contributed by atoms with Crippen LogP contribution in [0.1, 0.15) is 37.2 Å². The highest BCUT2D eigenvalue weighted by atomic mass is 19.4. The summed E-state index contributed by atoms with van der Waals surface area (Å²) >= 11 is 0. The first-order valence-electron chi connectivity index (χ1n) is 10.1. The molecule has 1 aliphatic rings. The van der Waals surface area contributed by atoms with Gasteiger partial charge in [0.2, 0.25) is 5.82 Å². The average molecular weight is 474 g/mol. The fourth-order valence-electron chi connectivity index (χ4n) is 3.83. The number of hydrogen-bond donors (Lipinski definition) is 2. The Morgan fingerprint density at radius 2 is 1.97 bits per heavy atom. The van der Waals surface area contributed by atoms with Crippen molar-refractivity contribution in [3.63, 3.8) is 0 Å². The maximum Gasteiger partial charge on any atom is 0.417 e. The van der Waals surface area contributed by atoms with Gasteiger partial charge in [-0.3, -0.25) is 14.6 Å². The first kappa shape index (κ1) is 22.9. The van der Waals surface area contributed by atoms with Crippen LogP contribution in [0, 0.1) is 17.6 Å². The summed E-state index contributed by atoms with van der Waals surface area (Å²) in [7, 11) is 1.01. The standard InChI is InChI=1S/C21H20F5N3O4/c1-9-14(11-4-5-12(22)15(23)16(11)32-3)17(33-20(9,2)21(24,25)26)19(31)29-10-6-7-28-13(8-10)18(27)30/h4-9,14,17H,1-3H3,(H2,27,30)(H,28,29,31)/t9-,14-,17-,20+/m0/s1/i8D. The number of anilines is 1. The summed E-state index contributed by atoms with van der Waals surface area (Å²) in [4.78, 5) is 28.2. The number of ether oxygens (including phenoxy) is 2. The van der Waals surface area contributed by atoms with Crippen molar-refractivity contribution in [2.24, 2.45) is 11.7 Å². The molecule has 178 valence electrons. The number of hydrogen-bond acceptors (Lipinski definition) is 5. The van der Waals surface area contributed by atoms with Gasteiger partial charge in [-0.1, -0.05) is 13.0 Å². The van der Waals surface area contributed by atoms with Crippen molar-refractivity contribution in [2.75, 3.05) is 12.4 Å². The molecule has 2 amide bonds. The normalized spacial score (nSPS) is 25.5. The van der Waals surface area contributed by atoms with Gasteiger partial charge in [0, 0.05) is 29.3 Å². The van der Waals surface area contributed by atoms with Gasteiger partial charge >= 0.3 is 6.18 Å². The molecule has 0 unspecified atom stereocenters. The molecular formula is C21H20F5N3O4. The van der Waals surface area contributed by atoms with Crippen LogP contribution < -0.4 is 15.8 Å². The molecule has 3 rings (SSSR count). The van der Waals surface area contributed by atoms with Crippen LogP contribution in [0.2, 0.25) is 0 Å². The molecule has 0 spiro atoms. The van der Waals surface area contributed by atoms with E-state index in [2.05, 4.69) is 10.3 Å². The second-order valence-corrected chi connectivity index (χ2v) is 7.63. The zero-order valence-corrected chi connectivity index (χ0v) is 17.6. The number of aromatic nitrogens is 1. The molecule has 1 saturated heterocycles. The van der Waals surface area contributed by atoms with Gasteiger partial charge in [-0.15, -0.1) is 0 Å². The van der Waals surface area contributed by atoms with E-state index < -0.39 is 70.7 Å². The van der Waals surface area contributed by atoms with E-state index in [1.807, 2.05) is 0 Å². The molecule has 1 aromatic carbocycles. The predicted octanol–water partition coefficient (Wildman–Crippen LogP) is 3.55. The van der Waals surface area contributed by atoms with E-state index in [4.69, 9.17) is 16.6 Å². The zero-order valence-electron chi connectivity index (χ0n) is 18.6. The number of alkyl halides is 3. The van der Waals surface area contributed by atoms with E-state index >= 15 is 0 Å². The van der Waals surface area contributed by atoms with Gasteiger partial charge in [0.25, 0.3) is 11.8 Å². The summed E-state index contributed by atoms with van der Waals surface area (Å²) in [6.45, 7) is 1.91. The molecule has 0 radical (unpaired) electrons. The molecule has 0 saturated carbocycles. The number of methoxy groups -OCH3 is 1. The smallest absolute Gasteiger partial charge is 0.417 e. The third-order valence-electron chi connectivity index (χ3n) is 5.76. The summed E-state index contributed by atoms with van der Waals surface area (Å²) in [5, 5.41) is 2.25. The van der Waals surface area contributed by atoms with E-state index in [0.29, 0.717) is 6.07 Å². The molecule has 0 bridgehead atoms. The van der Waals surface area contributed by atoms with E-state index in [1.165, 1.54) is 6.92 Å². The number of benzene rings is 1. The Morgan fingerprint density at radius 3 is 2.55 bits per heavy atom. The Bertz CT molecular complexity index is 1150. The Hall–Kier alpha value is -3.28. The highest BCUT2D eigenvalue weighted by Crippen LogP contribution is 2.55. The second-order valence-electron chi connectivity index (χ2n) is 7.63. The molecule has 1 aromatic heterocycles. The fourth-order valence-corrected chi connectivity index (χ4v) is 3.83. The zero-order chi connectivity index (χ0) is 25.6. The molecule has 2 heterocycles. The first-order valence-corrected chi connectivity index (χ1v) is 9.57. The summed E-state index contributed by atoms with van der Waals surface area (Å²) in [6, 6.07) is 2.32.